The van der Waals surface area contributed by atoms with Gasteiger partial charge in [0.25, 0.3) is 0 Å². The number of likely N-dealkylation sites (tertiary alicyclic amines) is 1. The van der Waals surface area contributed by atoms with Gasteiger partial charge in [-0.2, -0.15) is 0 Å². The van der Waals surface area contributed by atoms with Crippen LogP contribution in [-0.4, -0.2) is 73.0 Å². The van der Waals surface area contributed by atoms with Crippen molar-refractivity contribution in [2.45, 2.75) is 50.6 Å². The van der Waals surface area contributed by atoms with Gasteiger partial charge >= 0.3 is 0 Å². The normalized spacial score (nSPS) is 21.6. The Morgan fingerprint density at radius 3 is 2.18 bits per heavy atom. The Labute approximate surface area is 167 Å². The summed E-state index contributed by atoms with van der Waals surface area (Å²) in [5.74, 6) is 0.132. The van der Waals surface area contributed by atoms with Gasteiger partial charge in [-0.3, -0.25) is 9.59 Å². The van der Waals surface area contributed by atoms with Gasteiger partial charge in [-0.25, -0.2) is 0 Å². The molecule has 4 rings (SSSR count). The highest BCUT2D eigenvalue weighted by atomic mass is 16.2. The molecule has 1 aromatic carbocycles. The van der Waals surface area contributed by atoms with Gasteiger partial charge < -0.3 is 20.0 Å². The predicted octanol–water partition coefficient (Wildman–Crippen LogP) is 1.86. The van der Waals surface area contributed by atoms with E-state index in [-0.39, 0.29) is 17.9 Å². The number of nitrogens with one attached hydrogen (secondary N) is 1. The molecule has 152 valence electrons. The van der Waals surface area contributed by atoms with E-state index in [9.17, 15) is 9.59 Å². The molecule has 0 aromatic heterocycles. The number of carbonyl (C=O) groups is 2. The molecule has 28 heavy (non-hydrogen) atoms. The number of hydrogen-bond acceptors (Lipinski definition) is 4. The van der Waals surface area contributed by atoms with Crippen molar-refractivity contribution in [3.8, 4) is 0 Å². The van der Waals surface area contributed by atoms with Crippen molar-refractivity contribution in [3.63, 3.8) is 0 Å². The van der Waals surface area contributed by atoms with E-state index in [4.69, 9.17) is 0 Å². The maximum absolute atomic E-state index is 12.5. The fourth-order valence-corrected chi connectivity index (χ4v) is 4.38. The van der Waals surface area contributed by atoms with Gasteiger partial charge in [-0.05, 0) is 37.8 Å². The molecule has 2 aliphatic heterocycles. The summed E-state index contributed by atoms with van der Waals surface area (Å²) in [4.78, 5) is 31.5. The van der Waals surface area contributed by atoms with Crippen molar-refractivity contribution in [3.05, 3.63) is 30.3 Å². The van der Waals surface area contributed by atoms with E-state index in [2.05, 4.69) is 27.2 Å². The highest BCUT2D eigenvalue weighted by molar-refractivity contribution is 5.84. The third-order valence-corrected chi connectivity index (χ3v) is 6.28. The lowest BCUT2D eigenvalue weighted by molar-refractivity contribution is -0.134. The first-order chi connectivity index (χ1) is 13.7. The Balaban J connectivity index is 1.13. The van der Waals surface area contributed by atoms with E-state index in [1.165, 1.54) is 18.5 Å². The standard InChI is InChI=1S/C22H32N4O2/c27-21(23-18-10-12-24(13-11-18)20-6-7-20)8-9-22(28)26-16-14-25(15-17-26)19-4-2-1-3-5-19/h1-5,18,20H,6-17H2,(H,23,27). The smallest absolute Gasteiger partial charge is 0.223 e. The minimum Gasteiger partial charge on any atom is -0.368 e. The van der Waals surface area contributed by atoms with Gasteiger partial charge in [-0.1, -0.05) is 18.2 Å². The number of amides is 2. The number of anilines is 1. The van der Waals surface area contributed by atoms with E-state index < -0.39 is 0 Å². The van der Waals surface area contributed by atoms with E-state index in [1.54, 1.807) is 0 Å². The van der Waals surface area contributed by atoms with Crippen LogP contribution in [0.5, 0.6) is 0 Å². The lowest BCUT2D eigenvalue weighted by Gasteiger charge is -2.36. The second kappa shape index (κ2) is 8.95. The molecule has 2 heterocycles. The Morgan fingerprint density at radius 1 is 0.857 bits per heavy atom. The number of piperidine rings is 1. The third kappa shape index (κ3) is 5.04. The summed E-state index contributed by atoms with van der Waals surface area (Å²) in [6, 6.07) is 11.4. The van der Waals surface area contributed by atoms with Crippen LogP contribution in [0.2, 0.25) is 0 Å². The van der Waals surface area contributed by atoms with Crippen molar-refractivity contribution in [1.82, 2.24) is 15.1 Å². The second-order valence-corrected chi connectivity index (χ2v) is 8.31. The van der Waals surface area contributed by atoms with Crippen molar-refractivity contribution < 1.29 is 9.59 Å². The largest absolute Gasteiger partial charge is 0.368 e. The summed E-state index contributed by atoms with van der Waals surface area (Å²) in [6.45, 7) is 5.35. The fraction of sp³-hybridized carbons (Fsp3) is 0.636. The zero-order valence-corrected chi connectivity index (χ0v) is 16.7. The average Bonchev–Trinajstić information content (AvgIpc) is 3.59. The maximum Gasteiger partial charge on any atom is 0.223 e. The molecule has 1 N–H and O–H groups in total. The summed E-state index contributed by atoms with van der Waals surface area (Å²) in [7, 11) is 0. The first-order valence-electron chi connectivity index (χ1n) is 10.8. The number of para-hydroxylation sites is 1. The average molecular weight is 385 g/mol. The molecule has 3 aliphatic rings. The monoisotopic (exact) mass is 384 g/mol. The minimum atomic E-state index is 0.0288. The molecule has 0 radical (unpaired) electrons. The van der Waals surface area contributed by atoms with Crippen LogP contribution in [0.25, 0.3) is 0 Å². The van der Waals surface area contributed by atoms with E-state index in [0.717, 1.165) is 58.2 Å². The van der Waals surface area contributed by atoms with Crippen molar-refractivity contribution >= 4 is 17.5 Å². The quantitative estimate of drug-likeness (QED) is 0.813. The molecule has 6 heteroatoms. The van der Waals surface area contributed by atoms with Crippen LogP contribution < -0.4 is 10.2 Å². The predicted molar refractivity (Wildman–Crippen MR) is 110 cm³/mol. The molecule has 2 saturated heterocycles. The lowest BCUT2D eigenvalue weighted by Crippen LogP contribution is -2.49. The van der Waals surface area contributed by atoms with Crippen LogP contribution in [0.1, 0.15) is 38.5 Å². The number of benzene rings is 1. The molecule has 0 unspecified atom stereocenters. The SMILES string of the molecule is O=C(CCC(=O)N1CCN(c2ccccc2)CC1)NC1CCN(C2CC2)CC1. The van der Waals surface area contributed by atoms with Gasteiger partial charge in [0.05, 0.1) is 0 Å². The minimum absolute atomic E-state index is 0.0288. The Hall–Kier alpha value is -2.08. The summed E-state index contributed by atoms with van der Waals surface area (Å²) in [5.41, 5.74) is 1.21. The number of nitrogens with zero attached hydrogens (tertiary/aromatic N) is 3. The Morgan fingerprint density at radius 2 is 1.54 bits per heavy atom. The lowest BCUT2D eigenvalue weighted by atomic mass is 10.0. The summed E-state index contributed by atoms with van der Waals surface area (Å²) in [5, 5.41) is 3.14. The van der Waals surface area contributed by atoms with Crippen molar-refractivity contribution in [2.75, 3.05) is 44.2 Å². The maximum atomic E-state index is 12.5. The van der Waals surface area contributed by atoms with Crippen LogP contribution >= 0.6 is 0 Å². The third-order valence-electron chi connectivity index (χ3n) is 6.28. The highest BCUT2D eigenvalue weighted by Gasteiger charge is 2.32. The first kappa shape index (κ1) is 19.2. The van der Waals surface area contributed by atoms with Crippen LogP contribution in [0.3, 0.4) is 0 Å². The Kier molecular flexibility index (Phi) is 6.15. The van der Waals surface area contributed by atoms with Crippen LogP contribution in [0, 0.1) is 0 Å². The number of carbonyl (C=O) groups excluding carboxylic acids is 2. The van der Waals surface area contributed by atoms with Crippen LogP contribution in [0.15, 0.2) is 30.3 Å². The summed E-state index contributed by atoms with van der Waals surface area (Å²) < 4.78 is 0. The molecule has 3 fully saturated rings. The molecule has 1 aromatic rings. The van der Waals surface area contributed by atoms with Crippen molar-refractivity contribution in [1.29, 1.82) is 0 Å². The fourth-order valence-electron chi connectivity index (χ4n) is 4.38. The zero-order valence-electron chi connectivity index (χ0n) is 16.7. The molecule has 2 amide bonds. The molecular formula is C22H32N4O2. The summed E-state index contributed by atoms with van der Waals surface area (Å²) in [6.07, 6.45) is 5.39. The number of hydrogen-bond donors (Lipinski definition) is 1. The molecule has 0 atom stereocenters. The molecule has 1 aliphatic carbocycles. The van der Waals surface area contributed by atoms with Crippen molar-refractivity contribution in [2.24, 2.45) is 0 Å². The van der Waals surface area contributed by atoms with Crippen LogP contribution in [0.4, 0.5) is 5.69 Å². The topological polar surface area (TPSA) is 55.9 Å². The molecule has 0 spiro atoms. The van der Waals surface area contributed by atoms with Gasteiger partial charge in [0.15, 0.2) is 0 Å². The summed E-state index contributed by atoms with van der Waals surface area (Å²) >= 11 is 0. The second-order valence-electron chi connectivity index (χ2n) is 8.31. The first-order valence-corrected chi connectivity index (χ1v) is 10.8. The molecule has 1 saturated carbocycles. The van der Waals surface area contributed by atoms with E-state index in [1.807, 2.05) is 23.1 Å². The molecular weight excluding hydrogens is 352 g/mol. The van der Waals surface area contributed by atoms with Gasteiger partial charge in [-0.15, -0.1) is 0 Å². The molecule has 0 bridgehead atoms. The molecule has 6 nitrogen and oxygen atoms in total. The van der Waals surface area contributed by atoms with E-state index >= 15 is 0 Å². The zero-order chi connectivity index (χ0) is 19.3. The van der Waals surface area contributed by atoms with Gasteiger partial charge in [0, 0.05) is 69.9 Å². The van der Waals surface area contributed by atoms with Crippen LogP contribution in [-0.2, 0) is 9.59 Å². The Bertz CT molecular complexity index is 660. The van der Waals surface area contributed by atoms with E-state index in [0.29, 0.717) is 12.8 Å². The number of piperazine rings is 1. The van der Waals surface area contributed by atoms with Gasteiger partial charge in [0.2, 0.25) is 11.8 Å². The highest BCUT2D eigenvalue weighted by Crippen LogP contribution is 2.29. The van der Waals surface area contributed by atoms with Gasteiger partial charge in [0.1, 0.15) is 0 Å². The number of rotatable bonds is 6.